The second-order valence-electron chi connectivity index (χ2n) is 3.22. The van der Waals surface area contributed by atoms with E-state index in [1.807, 2.05) is 6.07 Å². The lowest BCUT2D eigenvalue weighted by Crippen LogP contribution is -2.20. The van der Waals surface area contributed by atoms with Crippen LogP contribution in [0.4, 0.5) is 5.69 Å². The molecular formula is C10H10BrN3O3. The van der Waals surface area contributed by atoms with E-state index in [4.69, 9.17) is 15.7 Å². The Morgan fingerprint density at radius 2 is 2.35 bits per heavy atom. The van der Waals surface area contributed by atoms with Gasteiger partial charge in [0.2, 0.25) is 0 Å². The molecule has 0 radical (unpaired) electrons. The third-order valence-corrected chi connectivity index (χ3v) is 2.79. The van der Waals surface area contributed by atoms with Crippen LogP contribution < -0.4 is 10.5 Å². The van der Waals surface area contributed by atoms with E-state index in [9.17, 15) is 10.1 Å². The van der Waals surface area contributed by atoms with Crippen molar-refractivity contribution >= 4 is 21.6 Å². The molecule has 1 unspecified atom stereocenters. The molecule has 17 heavy (non-hydrogen) atoms. The molecule has 0 fully saturated rings. The number of nitro benzene ring substituents is 1. The summed E-state index contributed by atoms with van der Waals surface area (Å²) in [5.74, 6) is 0.365. The zero-order valence-corrected chi connectivity index (χ0v) is 10.4. The first-order valence-corrected chi connectivity index (χ1v) is 5.56. The zero-order valence-electron chi connectivity index (χ0n) is 8.80. The Kier molecular flexibility index (Phi) is 4.87. The summed E-state index contributed by atoms with van der Waals surface area (Å²) < 4.78 is 5.61. The highest BCUT2D eigenvalue weighted by Crippen LogP contribution is 2.33. The van der Waals surface area contributed by atoms with Crippen LogP contribution in [-0.4, -0.2) is 17.6 Å². The van der Waals surface area contributed by atoms with Crippen LogP contribution in [0.15, 0.2) is 22.7 Å². The molecule has 1 atom stereocenters. The molecule has 0 saturated heterocycles. The molecule has 0 bridgehead atoms. The highest BCUT2D eigenvalue weighted by Gasteiger charge is 2.15. The normalized spacial score (nSPS) is 11.6. The predicted octanol–water partition coefficient (Wildman–Crippen LogP) is 1.98. The van der Waals surface area contributed by atoms with Gasteiger partial charge >= 0.3 is 0 Å². The first-order valence-electron chi connectivity index (χ1n) is 4.77. The lowest BCUT2D eigenvalue weighted by atomic mass is 10.2. The molecule has 1 aromatic rings. The first kappa shape index (κ1) is 13.4. The summed E-state index contributed by atoms with van der Waals surface area (Å²) in [7, 11) is 0. The number of hydrogen-bond donors (Lipinski definition) is 1. The molecule has 7 heteroatoms. The fraction of sp³-hybridized carbons (Fsp3) is 0.300. The molecule has 0 heterocycles. The molecule has 1 aromatic carbocycles. The van der Waals surface area contributed by atoms with Crippen LogP contribution in [0.1, 0.15) is 6.42 Å². The molecule has 0 aliphatic carbocycles. The predicted molar refractivity (Wildman–Crippen MR) is 64.5 cm³/mol. The average Bonchev–Trinajstić information content (AvgIpc) is 2.30. The summed E-state index contributed by atoms with van der Waals surface area (Å²) in [6.45, 7) is 0.231. The average molecular weight is 300 g/mol. The van der Waals surface area contributed by atoms with Crippen LogP contribution in [0.2, 0.25) is 0 Å². The van der Waals surface area contributed by atoms with Crippen molar-refractivity contribution in [3.8, 4) is 11.8 Å². The zero-order chi connectivity index (χ0) is 12.8. The maximum atomic E-state index is 10.7. The molecule has 0 saturated carbocycles. The number of nitro groups is 1. The van der Waals surface area contributed by atoms with E-state index in [1.165, 1.54) is 12.1 Å². The fourth-order valence-electron chi connectivity index (χ4n) is 1.11. The molecule has 6 nitrogen and oxygen atoms in total. The standard InChI is InChI=1S/C10H10BrN3O3/c11-10-8(14(15)16)2-1-3-9(10)17-5-4-7(13)6-12/h1-3,7H,4-5,13H2. The van der Waals surface area contributed by atoms with Gasteiger partial charge in [0.1, 0.15) is 10.2 Å². The Balaban J connectivity index is 2.70. The summed E-state index contributed by atoms with van der Waals surface area (Å²) in [6, 6.07) is 5.79. The van der Waals surface area contributed by atoms with Crippen LogP contribution in [0.3, 0.4) is 0 Å². The SMILES string of the molecule is N#CC(N)CCOc1cccc([N+](=O)[O-])c1Br. The number of nitrogens with zero attached hydrogens (tertiary/aromatic N) is 2. The van der Waals surface area contributed by atoms with E-state index < -0.39 is 11.0 Å². The van der Waals surface area contributed by atoms with Crippen LogP contribution in [-0.2, 0) is 0 Å². The van der Waals surface area contributed by atoms with Crippen LogP contribution in [0, 0.1) is 21.4 Å². The van der Waals surface area contributed by atoms with Crippen LogP contribution in [0.25, 0.3) is 0 Å². The van der Waals surface area contributed by atoms with Crippen molar-refractivity contribution in [2.75, 3.05) is 6.61 Å². The van der Waals surface area contributed by atoms with E-state index in [-0.39, 0.29) is 16.8 Å². The van der Waals surface area contributed by atoms with Gasteiger partial charge in [0, 0.05) is 12.5 Å². The van der Waals surface area contributed by atoms with E-state index in [0.29, 0.717) is 12.2 Å². The molecule has 90 valence electrons. The number of nitriles is 1. The topological polar surface area (TPSA) is 102 Å². The molecule has 0 aliphatic rings. The Hall–Kier alpha value is -1.65. The van der Waals surface area contributed by atoms with E-state index in [0.717, 1.165) is 0 Å². The number of ether oxygens (including phenoxy) is 1. The van der Waals surface area contributed by atoms with Gasteiger partial charge in [0.05, 0.1) is 23.6 Å². The van der Waals surface area contributed by atoms with Crippen LogP contribution in [0.5, 0.6) is 5.75 Å². The number of hydrogen-bond acceptors (Lipinski definition) is 5. The summed E-state index contributed by atoms with van der Waals surface area (Å²) in [5.41, 5.74) is 5.33. The van der Waals surface area contributed by atoms with Crippen molar-refractivity contribution in [2.24, 2.45) is 5.73 Å². The summed E-state index contributed by atoms with van der Waals surface area (Å²) >= 11 is 3.10. The minimum absolute atomic E-state index is 0.0629. The summed E-state index contributed by atoms with van der Waals surface area (Å²) in [4.78, 5) is 10.2. The van der Waals surface area contributed by atoms with Crippen molar-refractivity contribution in [2.45, 2.75) is 12.5 Å². The Bertz CT molecular complexity index is 459. The fourth-order valence-corrected chi connectivity index (χ4v) is 1.64. The highest BCUT2D eigenvalue weighted by molar-refractivity contribution is 9.10. The number of rotatable bonds is 5. The van der Waals surface area contributed by atoms with Gasteiger partial charge < -0.3 is 10.5 Å². The third-order valence-electron chi connectivity index (χ3n) is 1.99. The van der Waals surface area contributed by atoms with Gasteiger partial charge in [0.15, 0.2) is 0 Å². The molecule has 1 rings (SSSR count). The van der Waals surface area contributed by atoms with Gasteiger partial charge in [-0.1, -0.05) is 6.07 Å². The highest BCUT2D eigenvalue weighted by atomic mass is 79.9. The number of benzene rings is 1. The maximum absolute atomic E-state index is 10.7. The quantitative estimate of drug-likeness (QED) is 0.661. The second kappa shape index (κ2) is 6.18. The third kappa shape index (κ3) is 3.69. The summed E-state index contributed by atoms with van der Waals surface area (Å²) in [5, 5.41) is 19.1. The van der Waals surface area contributed by atoms with Crippen molar-refractivity contribution < 1.29 is 9.66 Å². The lowest BCUT2D eigenvalue weighted by molar-refractivity contribution is -0.385. The molecule has 2 N–H and O–H groups in total. The molecule has 0 amide bonds. The number of nitrogens with two attached hydrogens (primary N) is 1. The van der Waals surface area contributed by atoms with Crippen molar-refractivity contribution in [1.29, 1.82) is 5.26 Å². The largest absolute Gasteiger partial charge is 0.492 e. The Morgan fingerprint density at radius 1 is 1.65 bits per heavy atom. The van der Waals surface area contributed by atoms with E-state index in [1.54, 1.807) is 6.07 Å². The monoisotopic (exact) mass is 299 g/mol. The summed E-state index contributed by atoms with van der Waals surface area (Å²) in [6.07, 6.45) is 0.367. The first-order chi connectivity index (χ1) is 8.06. The van der Waals surface area contributed by atoms with Gasteiger partial charge in [-0.15, -0.1) is 0 Å². The van der Waals surface area contributed by atoms with Crippen LogP contribution >= 0.6 is 15.9 Å². The minimum Gasteiger partial charge on any atom is -0.492 e. The van der Waals surface area contributed by atoms with Crippen molar-refractivity contribution in [1.82, 2.24) is 0 Å². The van der Waals surface area contributed by atoms with Gasteiger partial charge in [-0.05, 0) is 22.0 Å². The van der Waals surface area contributed by atoms with Gasteiger partial charge in [-0.25, -0.2) is 0 Å². The smallest absolute Gasteiger partial charge is 0.287 e. The number of halogens is 1. The molecule has 0 spiro atoms. The van der Waals surface area contributed by atoms with Gasteiger partial charge in [-0.2, -0.15) is 5.26 Å². The van der Waals surface area contributed by atoms with Gasteiger partial charge in [-0.3, -0.25) is 10.1 Å². The van der Waals surface area contributed by atoms with E-state index in [2.05, 4.69) is 15.9 Å². The van der Waals surface area contributed by atoms with E-state index >= 15 is 0 Å². The minimum atomic E-state index is -0.590. The molecule has 0 aliphatic heterocycles. The van der Waals surface area contributed by atoms with Crippen molar-refractivity contribution in [3.63, 3.8) is 0 Å². The molecular weight excluding hydrogens is 290 g/mol. The lowest BCUT2D eigenvalue weighted by Gasteiger charge is -2.08. The Labute approximate surface area is 106 Å². The van der Waals surface area contributed by atoms with Gasteiger partial charge in [0.25, 0.3) is 5.69 Å². The molecule has 0 aromatic heterocycles. The Morgan fingerprint density at radius 3 is 2.94 bits per heavy atom. The van der Waals surface area contributed by atoms with Crippen molar-refractivity contribution in [3.05, 3.63) is 32.8 Å². The second-order valence-corrected chi connectivity index (χ2v) is 4.01. The maximum Gasteiger partial charge on any atom is 0.287 e.